The van der Waals surface area contributed by atoms with Crippen LogP contribution in [0.25, 0.3) is 0 Å². The van der Waals surface area contributed by atoms with Gasteiger partial charge in [-0.05, 0) is 12.1 Å². The first-order chi connectivity index (χ1) is 11.2. The van der Waals surface area contributed by atoms with Gasteiger partial charge in [-0.1, -0.05) is 6.07 Å². The topological polar surface area (TPSA) is 107 Å². The maximum atomic E-state index is 12.1. The second kappa shape index (κ2) is 7.18. The van der Waals surface area contributed by atoms with E-state index in [1.54, 1.807) is 12.1 Å². The quantitative estimate of drug-likeness (QED) is 0.732. The van der Waals surface area contributed by atoms with Crippen LogP contribution in [-0.2, 0) is 19.6 Å². The van der Waals surface area contributed by atoms with Crippen molar-refractivity contribution in [1.29, 1.82) is 0 Å². The fraction of sp³-hybridized carbons (Fsp3) is 0.467. The Balaban J connectivity index is 1.92. The van der Waals surface area contributed by atoms with Crippen molar-refractivity contribution in [2.45, 2.75) is 6.42 Å². The number of carbonyl (C=O) groups excluding carboxylic acids is 2. The van der Waals surface area contributed by atoms with E-state index < -0.39 is 15.9 Å². The third-order valence-electron chi connectivity index (χ3n) is 3.85. The van der Waals surface area contributed by atoms with E-state index in [9.17, 15) is 23.1 Å². The fourth-order valence-corrected chi connectivity index (χ4v) is 3.15. The summed E-state index contributed by atoms with van der Waals surface area (Å²) in [6, 6.07) is 6.26. The standard InChI is InChI=1S/C15H21N3O5S/c1-17(2)24(22,23)7-6-16-15(21)11-8-14(20)18(10-11)12-4-3-5-13(19)9-12/h3-5,9,11,19H,6-8,10H2,1-2H3,(H,16,21)/t11-/m0/s1. The van der Waals surface area contributed by atoms with Crippen LogP contribution in [0.5, 0.6) is 5.75 Å². The number of sulfonamides is 1. The van der Waals surface area contributed by atoms with Crippen LogP contribution in [0.15, 0.2) is 24.3 Å². The van der Waals surface area contributed by atoms with E-state index in [1.807, 2.05) is 0 Å². The summed E-state index contributed by atoms with van der Waals surface area (Å²) in [7, 11) is -0.512. The van der Waals surface area contributed by atoms with E-state index in [4.69, 9.17) is 0 Å². The third-order valence-corrected chi connectivity index (χ3v) is 5.69. The number of amides is 2. The van der Waals surface area contributed by atoms with E-state index in [2.05, 4.69) is 5.32 Å². The average Bonchev–Trinajstić information content (AvgIpc) is 2.89. The molecule has 0 radical (unpaired) electrons. The maximum Gasteiger partial charge on any atom is 0.227 e. The van der Waals surface area contributed by atoms with Gasteiger partial charge >= 0.3 is 0 Å². The molecule has 1 aliphatic rings. The summed E-state index contributed by atoms with van der Waals surface area (Å²) in [6.07, 6.45) is 0.0575. The number of phenolic OH excluding ortho intramolecular Hbond substituents is 1. The Hall–Kier alpha value is -2.13. The van der Waals surface area contributed by atoms with Gasteiger partial charge in [0.1, 0.15) is 5.75 Å². The molecule has 9 heteroatoms. The highest BCUT2D eigenvalue weighted by atomic mass is 32.2. The number of hydrogen-bond donors (Lipinski definition) is 2. The minimum Gasteiger partial charge on any atom is -0.508 e. The van der Waals surface area contributed by atoms with Crippen molar-refractivity contribution >= 4 is 27.5 Å². The first-order valence-electron chi connectivity index (χ1n) is 7.48. The van der Waals surface area contributed by atoms with Crippen LogP contribution < -0.4 is 10.2 Å². The summed E-state index contributed by atoms with van der Waals surface area (Å²) in [5.41, 5.74) is 0.533. The van der Waals surface area contributed by atoms with Crippen molar-refractivity contribution in [3.8, 4) is 5.75 Å². The number of nitrogens with zero attached hydrogens (tertiary/aromatic N) is 2. The Kier molecular flexibility index (Phi) is 5.45. The van der Waals surface area contributed by atoms with Crippen LogP contribution in [-0.4, -0.2) is 62.6 Å². The van der Waals surface area contributed by atoms with E-state index in [1.165, 1.54) is 31.1 Å². The van der Waals surface area contributed by atoms with E-state index in [-0.39, 0.29) is 42.8 Å². The van der Waals surface area contributed by atoms with Crippen molar-refractivity contribution in [3.05, 3.63) is 24.3 Å². The van der Waals surface area contributed by atoms with Crippen LogP contribution in [0, 0.1) is 5.92 Å². The molecule has 0 unspecified atom stereocenters. The van der Waals surface area contributed by atoms with Crippen molar-refractivity contribution in [3.63, 3.8) is 0 Å². The summed E-state index contributed by atoms with van der Waals surface area (Å²) < 4.78 is 24.4. The second-order valence-corrected chi connectivity index (χ2v) is 8.12. The first kappa shape index (κ1) is 18.2. The van der Waals surface area contributed by atoms with Crippen molar-refractivity contribution in [2.24, 2.45) is 5.92 Å². The second-order valence-electron chi connectivity index (χ2n) is 5.81. The van der Waals surface area contributed by atoms with Crippen LogP contribution in [0.1, 0.15) is 6.42 Å². The number of aromatic hydroxyl groups is 1. The van der Waals surface area contributed by atoms with Gasteiger partial charge in [-0.25, -0.2) is 12.7 Å². The Morgan fingerprint density at radius 3 is 2.75 bits per heavy atom. The molecule has 0 spiro atoms. The van der Waals surface area contributed by atoms with Crippen molar-refractivity contribution in [2.75, 3.05) is 37.8 Å². The molecule has 1 fully saturated rings. The molecular formula is C15H21N3O5S. The first-order valence-corrected chi connectivity index (χ1v) is 9.09. The molecule has 0 saturated carbocycles. The molecule has 0 aromatic heterocycles. The summed E-state index contributed by atoms with van der Waals surface area (Å²) in [5, 5.41) is 12.1. The van der Waals surface area contributed by atoms with Gasteiger partial charge in [0.15, 0.2) is 0 Å². The van der Waals surface area contributed by atoms with Gasteiger partial charge in [-0.3, -0.25) is 9.59 Å². The van der Waals surface area contributed by atoms with Gasteiger partial charge in [0.2, 0.25) is 21.8 Å². The molecule has 1 aromatic rings. The van der Waals surface area contributed by atoms with E-state index in [0.29, 0.717) is 5.69 Å². The number of carbonyl (C=O) groups is 2. The summed E-state index contributed by atoms with van der Waals surface area (Å²) in [6.45, 7) is 0.199. The fourth-order valence-electron chi connectivity index (χ4n) is 2.42. The molecule has 2 rings (SSSR count). The Labute approximate surface area is 141 Å². The molecule has 1 atom stereocenters. The zero-order valence-corrected chi connectivity index (χ0v) is 14.4. The number of benzene rings is 1. The van der Waals surface area contributed by atoms with E-state index >= 15 is 0 Å². The monoisotopic (exact) mass is 355 g/mol. The molecule has 2 N–H and O–H groups in total. The smallest absolute Gasteiger partial charge is 0.227 e. The minimum atomic E-state index is -3.37. The minimum absolute atomic E-state index is 0.00381. The SMILES string of the molecule is CN(C)S(=O)(=O)CCNC(=O)[C@H]1CC(=O)N(c2cccc(O)c2)C1. The highest BCUT2D eigenvalue weighted by molar-refractivity contribution is 7.89. The van der Waals surface area contributed by atoms with Gasteiger partial charge in [-0.2, -0.15) is 0 Å². The lowest BCUT2D eigenvalue weighted by atomic mass is 10.1. The molecule has 0 aliphatic carbocycles. The molecule has 1 saturated heterocycles. The van der Waals surface area contributed by atoms with Gasteiger partial charge in [0, 0.05) is 45.4 Å². The van der Waals surface area contributed by atoms with Gasteiger partial charge in [-0.15, -0.1) is 0 Å². The number of rotatable bonds is 6. The lowest BCUT2D eigenvalue weighted by Gasteiger charge is -2.17. The third kappa shape index (κ3) is 4.24. The highest BCUT2D eigenvalue weighted by Crippen LogP contribution is 2.27. The van der Waals surface area contributed by atoms with Crippen molar-refractivity contribution < 1.29 is 23.1 Å². The molecule has 1 heterocycles. The summed E-state index contributed by atoms with van der Waals surface area (Å²) in [5.74, 6) is -1.24. The van der Waals surface area contributed by atoms with Gasteiger partial charge in [0.05, 0.1) is 11.7 Å². The number of anilines is 1. The largest absolute Gasteiger partial charge is 0.508 e. The van der Waals surface area contributed by atoms with Crippen LogP contribution in [0.4, 0.5) is 5.69 Å². The van der Waals surface area contributed by atoms with Crippen LogP contribution in [0.2, 0.25) is 0 Å². The summed E-state index contributed by atoms with van der Waals surface area (Å²) >= 11 is 0. The molecule has 132 valence electrons. The predicted octanol–water partition coefficient (Wildman–Crippen LogP) is -0.247. The van der Waals surface area contributed by atoms with Gasteiger partial charge < -0.3 is 15.3 Å². The predicted molar refractivity (Wildman–Crippen MR) is 89.1 cm³/mol. The molecule has 0 bridgehead atoms. The molecule has 8 nitrogen and oxygen atoms in total. The molecular weight excluding hydrogens is 334 g/mol. The Morgan fingerprint density at radius 1 is 1.42 bits per heavy atom. The lowest BCUT2D eigenvalue weighted by molar-refractivity contribution is -0.126. The van der Waals surface area contributed by atoms with Crippen LogP contribution >= 0.6 is 0 Å². The van der Waals surface area contributed by atoms with Gasteiger partial charge in [0.25, 0.3) is 0 Å². The number of nitrogens with one attached hydrogen (secondary N) is 1. The van der Waals surface area contributed by atoms with Crippen LogP contribution in [0.3, 0.4) is 0 Å². The summed E-state index contributed by atoms with van der Waals surface area (Å²) in [4.78, 5) is 25.7. The zero-order valence-electron chi connectivity index (χ0n) is 13.6. The highest BCUT2D eigenvalue weighted by Gasteiger charge is 2.35. The average molecular weight is 355 g/mol. The van der Waals surface area contributed by atoms with Crippen molar-refractivity contribution in [1.82, 2.24) is 9.62 Å². The Morgan fingerprint density at radius 2 is 2.12 bits per heavy atom. The molecule has 1 aromatic carbocycles. The zero-order chi connectivity index (χ0) is 17.9. The molecule has 1 aliphatic heterocycles. The number of phenols is 1. The molecule has 24 heavy (non-hydrogen) atoms. The maximum absolute atomic E-state index is 12.1. The number of hydrogen-bond acceptors (Lipinski definition) is 5. The van der Waals surface area contributed by atoms with E-state index in [0.717, 1.165) is 4.31 Å². The normalized spacial score (nSPS) is 18.2. The molecule has 2 amide bonds. The lowest BCUT2D eigenvalue weighted by Crippen LogP contribution is -2.37. The Bertz CT molecular complexity index is 732.